The molecule has 0 aliphatic carbocycles. The van der Waals surface area contributed by atoms with Crippen molar-refractivity contribution >= 4 is 11.6 Å². The topological polar surface area (TPSA) is 35.6 Å². The number of likely N-dealkylation sites (N-methyl/N-ethyl adjacent to an activating group) is 1. The van der Waals surface area contributed by atoms with Gasteiger partial charge in [0.1, 0.15) is 0 Å². The fourth-order valence-electron chi connectivity index (χ4n) is 2.30. The van der Waals surface area contributed by atoms with Gasteiger partial charge in [-0.25, -0.2) is 0 Å². The van der Waals surface area contributed by atoms with Gasteiger partial charge in [0.05, 0.1) is 11.1 Å². The van der Waals surface area contributed by atoms with Gasteiger partial charge in [-0.3, -0.25) is 4.79 Å². The maximum Gasteiger partial charge on any atom is 0.416 e. The van der Waals surface area contributed by atoms with Crippen LogP contribution in [-0.2, 0) is 6.18 Å². The molecule has 1 aromatic rings. The number of amides is 1. The second-order valence-electron chi connectivity index (χ2n) is 5.10. The fourth-order valence-corrected chi connectivity index (χ4v) is 2.30. The third-order valence-electron chi connectivity index (χ3n) is 3.64. The van der Waals surface area contributed by atoms with Crippen molar-refractivity contribution in [3.63, 3.8) is 0 Å². The lowest BCUT2D eigenvalue weighted by Gasteiger charge is -2.33. The van der Waals surface area contributed by atoms with Crippen molar-refractivity contribution in [1.82, 2.24) is 9.80 Å². The minimum atomic E-state index is -4.45. The summed E-state index contributed by atoms with van der Waals surface area (Å²) in [4.78, 5) is 16.1. The Hall–Kier alpha value is -1.76. The lowest BCUT2D eigenvalue weighted by atomic mass is 10.1. The highest BCUT2D eigenvalue weighted by molar-refractivity contribution is 6.00. The van der Waals surface area contributed by atoms with Crippen molar-refractivity contribution in [3.8, 4) is 0 Å². The van der Waals surface area contributed by atoms with Crippen LogP contribution >= 0.6 is 0 Å². The summed E-state index contributed by atoms with van der Waals surface area (Å²) in [6.07, 6.45) is -4.45. The van der Waals surface area contributed by atoms with Crippen LogP contribution < -0.4 is 5.32 Å². The number of hydrogen-bond donors (Lipinski definition) is 1. The van der Waals surface area contributed by atoms with Crippen molar-refractivity contribution in [2.45, 2.75) is 6.18 Å². The van der Waals surface area contributed by atoms with E-state index in [0.717, 1.165) is 25.2 Å². The third kappa shape index (κ3) is 3.47. The number of nitrogens with one attached hydrogen (secondary N) is 1. The summed E-state index contributed by atoms with van der Waals surface area (Å²) in [6, 6.07) is 3.20. The molecule has 1 saturated heterocycles. The van der Waals surface area contributed by atoms with E-state index >= 15 is 0 Å². The zero-order valence-corrected chi connectivity index (χ0v) is 12.0. The molecule has 1 N–H and O–H groups in total. The first kappa shape index (κ1) is 15.6. The highest BCUT2D eigenvalue weighted by Gasteiger charge is 2.32. The third-order valence-corrected chi connectivity index (χ3v) is 3.64. The number of piperazine rings is 1. The van der Waals surface area contributed by atoms with Crippen molar-refractivity contribution < 1.29 is 18.0 Å². The van der Waals surface area contributed by atoms with Crippen LogP contribution in [0.3, 0.4) is 0 Å². The first-order valence-electron chi connectivity index (χ1n) is 6.69. The number of carbonyl (C=O) groups excluding carboxylic acids is 1. The average molecular weight is 301 g/mol. The van der Waals surface area contributed by atoms with E-state index in [2.05, 4.69) is 10.2 Å². The van der Waals surface area contributed by atoms with Crippen molar-refractivity contribution in [3.05, 3.63) is 29.3 Å². The molecule has 0 spiro atoms. The summed E-state index contributed by atoms with van der Waals surface area (Å²) in [6.45, 7) is 2.49. The normalized spacial score (nSPS) is 16.9. The number of nitrogens with zero attached hydrogens (tertiary/aromatic N) is 2. The number of rotatable bonds is 2. The number of alkyl halides is 3. The predicted molar refractivity (Wildman–Crippen MR) is 74.4 cm³/mol. The van der Waals surface area contributed by atoms with Crippen LogP contribution in [0.1, 0.15) is 15.9 Å². The number of halogens is 3. The largest absolute Gasteiger partial charge is 0.416 e. The SMILES string of the molecule is CNc1ccc(C(F)(F)F)cc1C(=O)N1CCN(C)CC1. The molecule has 21 heavy (non-hydrogen) atoms. The van der Waals surface area contributed by atoms with Gasteiger partial charge in [-0.2, -0.15) is 13.2 Å². The zero-order valence-electron chi connectivity index (χ0n) is 12.0. The molecule has 0 radical (unpaired) electrons. The lowest BCUT2D eigenvalue weighted by Crippen LogP contribution is -2.47. The van der Waals surface area contributed by atoms with E-state index in [1.165, 1.54) is 6.07 Å². The minimum Gasteiger partial charge on any atom is -0.387 e. The Kier molecular flexibility index (Phi) is 4.41. The summed E-state index contributed by atoms with van der Waals surface area (Å²) < 4.78 is 38.4. The standard InChI is InChI=1S/C14H18F3N3O/c1-18-12-4-3-10(14(15,16)17)9-11(12)13(21)20-7-5-19(2)6-8-20/h3-4,9,18H,5-8H2,1-2H3. The highest BCUT2D eigenvalue weighted by Crippen LogP contribution is 2.32. The number of hydrogen-bond acceptors (Lipinski definition) is 3. The van der Waals surface area contributed by atoms with Crippen LogP contribution in [-0.4, -0.2) is 56.0 Å². The Bertz CT molecular complexity index is 523. The summed E-state index contributed by atoms with van der Waals surface area (Å²) in [5.41, 5.74) is -0.331. The second-order valence-corrected chi connectivity index (χ2v) is 5.10. The van der Waals surface area contributed by atoms with E-state index in [0.29, 0.717) is 18.8 Å². The number of anilines is 1. The van der Waals surface area contributed by atoms with E-state index in [1.54, 1.807) is 11.9 Å². The maximum absolute atomic E-state index is 12.8. The molecule has 2 rings (SSSR count). The monoisotopic (exact) mass is 301 g/mol. The van der Waals surface area contributed by atoms with E-state index in [-0.39, 0.29) is 11.5 Å². The molecular formula is C14H18F3N3O. The van der Waals surface area contributed by atoms with Crippen molar-refractivity contribution in [2.24, 2.45) is 0 Å². The van der Waals surface area contributed by atoms with Crippen LogP contribution in [0.15, 0.2) is 18.2 Å². The molecule has 4 nitrogen and oxygen atoms in total. The quantitative estimate of drug-likeness (QED) is 0.909. The van der Waals surface area contributed by atoms with E-state index in [9.17, 15) is 18.0 Å². The van der Waals surface area contributed by atoms with Gasteiger partial charge in [0.2, 0.25) is 0 Å². The molecule has 0 aromatic heterocycles. The van der Waals surface area contributed by atoms with Gasteiger partial charge < -0.3 is 15.1 Å². The number of benzene rings is 1. The van der Waals surface area contributed by atoms with Gasteiger partial charge >= 0.3 is 6.18 Å². The van der Waals surface area contributed by atoms with E-state index in [1.807, 2.05) is 7.05 Å². The maximum atomic E-state index is 12.8. The van der Waals surface area contributed by atoms with Gasteiger partial charge in [-0.15, -0.1) is 0 Å². The van der Waals surface area contributed by atoms with E-state index < -0.39 is 11.7 Å². The van der Waals surface area contributed by atoms with Crippen LogP contribution in [0.5, 0.6) is 0 Å². The molecule has 0 unspecified atom stereocenters. The Morgan fingerprint density at radius 2 is 1.81 bits per heavy atom. The van der Waals surface area contributed by atoms with Crippen molar-refractivity contribution in [1.29, 1.82) is 0 Å². The molecule has 7 heteroatoms. The average Bonchev–Trinajstić information content (AvgIpc) is 2.45. The van der Waals surface area contributed by atoms with Crippen LogP contribution in [0.4, 0.5) is 18.9 Å². The molecular weight excluding hydrogens is 283 g/mol. The molecule has 0 saturated carbocycles. The Morgan fingerprint density at radius 3 is 2.33 bits per heavy atom. The molecule has 1 amide bonds. The van der Waals surface area contributed by atoms with Gasteiger partial charge in [0.15, 0.2) is 0 Å². The van der Waals surface area contributed by atoms with E-state index in [4.69, 9.17) is 0 Å². The molecule has 1 aromatic carbocycles. The number of carbonyl (C=O) groups is 1. The molecule has 1 heterocycles. The summed E-state index contributed by atoms with van der Waals surface area (Å²) in [5, 5.41) is 2.78. The molecule has 1 aliphatic rings. The Morgan fingerprint density at radius 1 is 1.19 bits per heavy atom. The van der Waals surface area contributed by atoms with Gasteiger partial charge in [0.25, 0.3) is 5.91 Å². The van der Waals surface area contributed by atoms with Crippen molar-refractivity contribution in [2.75, 3.05) is 45.6 Å². The lowest BCUT2D eigenvalue weighted by molar-refractivity contribution is -0.137. The molecule has 116 valence electrons. The smallest absolute Gasteiger partial charge is 0.387 e. The first-order valence-corrected chi connectivity index (χ1v) is 6.69. The summed E-state index contributed by atoms with van der Waals surface area (Å²) >= 11 is 0. The summed E-state index contributed by atoms with van der Waals surface area (Å²) in [5.74, 6) is -0.362. The second kappa shape index (κ2) is 5.93. The van der Waals surface area contributed by atoms with Crippen LogP contribution in [0.2, 0.25) is 0 Å². The molecule has 1 aliphatic heterocycles. The Balaban J connectivity index is 2.30. The fraction of sp³-hybridized carbons (Fsp3) is 0.500. The predicted octanol–water partition coefficient (Wildman–Crippen LogP) is 2.13. The van der Waals surface area contributed by atoms with Crippen LogP contribution in [0.25, 0.3) is 0 Å². The van der Waals surface area contributed by atoms with Gasteiger partial charge in [0, 0.05) is 38.9 Å². The molecule has 1 fully saturated rings. The summed E-state index contributed by atoms with van der Waals surface area (Å²) in [7, 11) is 3.54. The first-order chi connectivity index (χ1) is 9.82. The van der Waals surface area contributed by atoms with Gasteiger partial charge in [-0.05, 0) is 25.2 Å². The van der Waals surface area contributed by atoms with Gasteiger partial charge in [-0.1, -0.05) is 0 Å². The Labute approximate surface area is 121 Å². The minimum absolute atomic E-state index is 0.0666. The highest BCUT2D eigenvalue weighted by atomic mass is 19.4. The van der Waals surface area contributed by atoms with Crippen LogP contribution in [0, 0.1) is 0 Å². The molecule has 0 bridgehead atoms. The zero-order chi connectivity index (χ0) is 15.6. The molecule has 0 atom stereocenters.